The molecule has 0 amide bonds. The first-order chi connectivity index (χ1) is 7.00. The highest BCUT2D eigenvalue weighted by Gasteiger charge is 2.12. The van der Waals surface area contributed by atoms with Crippen molar-refractivity contribution in [3.05, 3.63) is 30.0 Å². The minimum atomic E-state index is -1.00. The maximum atomic E-state index is 10.5. The van der Waals surface area contributed by atoms with Gasteiger partial charge in [-0.3, -0.25) is 0 Å². The first kappa shape index (κ1) is 11.5. The Kier molecular flexibility index (Phi) is 3.62. The number of carboxylic acids is 1. The van der Waals surface area contributed by atoms with Gasteiger partial charge in [-0.1, -0.05) is 6.58 Å². The first-order valence-electron chi connectivity index (χ1n) is 4.57. The van der Waals surface area contributed by atoms with E-state index in [9.17, 15) is 4.79 Å². The van der Waals surface area contributed by atoms with Crippen molar-refractivity contribution in [3.8, 4) is 0 Å². The number of carboxylic acid groups (broad SMARTS) is 1. The van der Waals surface area contributed by atoms with E-state index in [4.69, 9.17) is 9.52 Å². The molecule has 2 N–H and O–H groups in total. The monoisotopic (exact) mass is 210 g/mol. The summed E-state index contributed by atoms with van der Waals surface area (Å²) >= 11 is 0. The Labute approximate surface area is 87.8 Å². The summed E-state index contributed by atoms with van der Waals surface area (Å²) < 4.78 is 5.29. The predicted molar refractivity (Wildman–Crippen MR) is 54.4 cm³/mol. The number of hydrogen-bond donors (Lipinski definition) is 2. The molecule has 1 atom stereocenters. The van der Waals surface area contributed by atoms with Crippen molar-refractivity contribution in [2.24, 2.45) is 0 Å². The van der Waals surface area contributed by atoms with Crippen LogP contribution in [0.25, 0.3) is 0 Å². The van der Waals surface area contributed by atoms with E-state index in [1.54, 1.807) is 13.1 Å². The van der Waals surface area contributed by atoms with Crippen molar-refractivity contribution in [1.82, 2.24) is 10.3 Å². The molecule has 1 aromatic rings. The summed E-state index contributed by atoms with van der Waals surface area (Å²) in [4.78, 5) is 14.5. The van der Waals surface area contributed by atoms with E-state index in [1.165, 1.54) is 0 Å². The number of aromatic nitrogens is 1. The molecule has 82 valence electrons. The summed E-state index contributed by atoms with van der Waals surface area (Å²) in [7, 11) is 0. The Morgan fingerprint density at radius 1 is 1.80 bits per heavy atom. The molecule has 15 heavy (non-hydrogen) atoms. The molecule has 0 radical (unpaired) electrons. The lowest BCUT2D eigenvalue weighted by molar-refractivity contribution is -0.132. The average Bonchev–Trinajstić information content (AvgIpc) is 2.60. The van der Waals surface area contributed by atoms with Gasteiger partial charge in [-0.25, -0.2) is 9.78 Å². The van der Waals surface area contributed by atoms with Crippen LogP contribution in [0, 0.1) is 6.92 Å². The maximum absolute atomic E-state index is 10.5. The summed E-state index contributed by atoms with van der Waals surface area (Å²) in [5, 5.41) is 11.5. The molecule has 0 aliphatic heterocycles. The Balaban J connectivity index is 2.46. The minimum Gasteiger partial charge on any atom is -0.478 e. The third-order valence-corrected chi connectivity index (χ3v) is 1.93. The molecule has 0 aliphatic carbocycles. The quantitative estimate of drug-likeness (QED) is 0.716. The fourth-order valence-electron chi connectivity index (χ4n) is 1.01. The third-order valence-electron chi connectivity index (χ3n) is 1.93. The molecule has 1 unspecified atom stereocenters. The molecule has 1 aromatic heterocycles. The van der Waals surface area contributed by atoms with Crippen LogP contribution in [0.4, 0.5) is 0 Å². The van der Waals surface area contributed by atoms with Crippen LogP contribution >= 0.6 is 0 Å². The third kappa shape index (κ3) is 3.21. The molecule has 0 spiro atoms. The van der Waals surface area contributed by atoms with Crippen molar-refractivity contribution >= 4 is 5.97 Å². The summed E-state index contributed by atoms with van der Waals surface area (Å²) in [6.45, 7) is 7.27. The van der Waals surface area contributed by atoms with Gasteiger partial charge in [0.2, 0.25) is 5.89 Å². The molecule has 5 nitrogen and oxygen atoms in total. The molecular weight excluding hydrogens is 196 g/mol. The smallest absolute Gasteiger partial charge is 0.332 e. The number of nitrogens with zero attached hydrogens (tertiary/aromatic N) is 1. The van der Waals surface area contributed by atoms with Crippen LogP contribution in [0.5, 0.6) is 0 Å². The SMILES string of the molecule is C=C(CNC(C)c1ncc(C)o1)C(=O)O. The van der Waals surface area contributed by atoms with Gasteiger partial charge in [-0.2, -0.15) is 0 Å². The zero-order chi connectivity index (χ0) is 11.4. The largest absolute Gasteiger partial charge is 0.478 e. The number of rotatable bonds is 5. The van der Waals surface area contributed by atoms with E-state index in [2.05, 4.69) is 16.9 Å². The van der Waals surface area contributed by atoms with E-state index < -0.39 is 5.97 Å². The number of aryl methyl sites for hydroxylation is 1. The molecule has 0 bridgehead atoms. The molecular formula is C10H14N2O3. The molecule has 0 aromatic carbocycles. The zero-order valence-electron chi connectivity index (χ0n) is 8.78. The van der Waals surface area contributed by atoms with Crippen molar-refractivity contribution < 1.29 is 14.3 Å². The molecule has 0 aliphatic rings. The highest BCUT2D eigenvalue weighted by atomic mass is 16.4. The zero-order valence-corrected chi connectivity index (χ0v) is 8.78. The van der Waals surface area contributed by atoms with E-state index in [1.807, 2.05) is 6.92 Å². The van der Waals surface area contributed by atoms with Crippen molar-refractivity contribution in [2.75, 3.05) is 6.54 Å². The van der Waals surface area contributed by atoms with Gasteiger partial charge in [0.05, 0.1) is 12.2 Å². The van der Waals surface area contributed by atoms with E-state index >= 15 is 0 Å². The molecule has 1 heterocycles. The Bertz CT molecular complexity index is 370. The second-order valence-corrected chi connectivity index (χ2v) is 3.32. The molecule has 5 heteroatoms. The number of oxazole rings is 1. The predicted octanol–water partition coefficient (Wildman–Crippen LogP) is 1.27. The minimum absolute atomic E-state index is 0.116. The maximum Gasteiger partial charge on any atom is 0.332 e. The molecule has 1 rings (SSSR count). The van der Waals surface area contributed by atoms with Crippen LogP contribution in [0.1, 0.15) is 24.6 Å². The first-order valence-corrected chi connectivity index (χ1v) is 4.57. The normalized spacial score (nSPS) is 12.4. The summed E-state index contributed by atoms with van der Waals surface area (Å²) in [6.07, 6.45) is 1.62. The summed E-state index contributed by atoms with van der Waals surface area (Å²) in [6, 6.07) is -0.130. The molecule has 0 saturated carbocycles. The van der Waals surface area contributed by atoms with Crippen LogP contribution in [0.3, 0.4) is 0 Å². The van der Waals surface area contributed by atoms with E-state index in [-0.39, 0.29) is 18.2 Å². The number of nitrogens with one attached hydrogen (secondary N) is 1. The van der Waals surface area contributed by atoms with Gasteiger partial charge >= 0.3 is 5.97 Å². The standard InChI is InChI=1S/C10H14N2O3/c1-6(10(13)14)4-11-8(3)9-12-5-7(2)15-9/h5,8,11H,1,4H2,2-3H3,(H,13,14). The van der Waals surface area contributed by atoms with Crippen LogP contribution in [0.2, 0.25) is 0 Å². The fourth-order valence-corrected chi connectivity index (χ4v) is 1.01. The lowest BCUT2D eigenvalue weighted by Crippen LogP contribution is -2.23. The van der Waals surface area contributed by atoms with Crippen molar-refractivity contribution in [2.45, 2.75) is 19.9 Å². The lowest BCUT2D eigenvalue weighted by Gasteiger charge is -2.09. The molecule has 0 saturated heterocycles. The lowest BCUT2D eigenvalue weighted by atomic mass is 10.2. The van der Waals surface area contributed by atoms with Gasteiger partial charge in [-0.05, 0) is 13.8 Å². The van der Waals surface area contributed by atoms with Crippen molar-refractivity contribution in [1.29, 1.82) is 0 Å². The van der Waals surface area contributed by atoms with Crippen LogP contribution in [-0.4, -0.2) is 22.6 Å². The van der Waals surface area contributed by atoms with E-state index in [0.29, 0.717) is 5.89 Å². The Hall–Kier alpha value is -1.62. The Morgan fingerprint density at radius 2 is 2.47 bits per heavy atom. The summed E-state index contributed by atoms with van der Waals surface area (Å²) in [5.41, 5.74) is 0.116. The topological polar surface area (TPSA) is 75.4 Å². The Morgan fingerprint density at radius 3 is 2.93 bits per heavy atom. The molecule has 0 fully saturated rings. The second kappa shape index (κ2) is 4.75. The number of carbonyl (C=O) groups is 1. The average molecular weight is 210 g/mol. The van der Waals surface area contributed by atoms with Gasteiger partial charge < -0.3 is 14.8 Å². The number of hydrogen-bond acceptors (Lipinski definition) is 4. The van der Waals surface area contributed by atoms with Crippen LogP contribution in [-0.2, 0) is 4.79 Å². The van der Waals surface area contributed by atoms with Crippen molar-refractivity contribution in [3.63, 3.8) is 0 Å². The van der Waals surface area contributed by atoms with Crippen LogP contribution in [0.15, 0.2) is 22.8 Å². The van der Waals surface area contributed by atoms with Gasteiger partial charge in [0.25, 0.3) is 0 Å². The highest BCUT2D eigenvalue weighted by molar-refractivity contribution is 5.86. The van der Waals surface area contributed by atoms with Gasteiger partial charge in [0.1, 0.15) is 5.76 Å². The highest BCUT2D eigenvalue weighted by Crippen LogP contribution is 2.11. The van der Waals surface area contributed by atoms with Gasteiger partial charge in [-0.15, -0.1) is 0 Å². The number of aliphatic carboxylic acids is 1. The fraction of sp³-hybridized carbons (Fsp3) is 0.400. The second-order valence-electron chi connectivity index (χ2n) is 3.32. The van der Waals surface area contributed by atoms with Gasteiger partial charge in [0.15, 0.2) is 0 Å². The van der Waals surface area contributed by atoms with Gasteiger partial charge in [0, 0.05) is 12.1 Å². The van der Waals surface area contributed by atoms with Crippen LogP contribution < -0.4 is 5.32 Å². The van der Waals surface area contributed by atoms with E-state index in [0.717, 1.165) is 5.76 Å². The summed E-state index contributed by atoms with van der Waals surface area (Å²) in [5.74, 6) is 0.277.